The number of nitrogens with two attached hydrogens (primary N) is 1. The molecule has 0 radical (unpaired) electrons. The molecular formula is C20H17N7O4S2. The van der Waals surface area contributed by atoms with Gasteiger partial charge in [-0.15, -0.1) is 10.2 Å². The van der Waals surface area contributed by atoms with Crippen LogP contribution in [0.1, 0.15) is 22.9 Å². The van der Waals surface area contributed by atoms with E-state index in [0.717, 1.165) is 23.3 Å². The van der Waals surface area contributed by atoms with Crippen molar-refractivity contribution in [2.75, 3.05) is 5.73 Å². The van der Waals surface area contributed by atoms with Crippen LogP contribution >= 0.6 is 23.1 Å². The summed E-state index contributed by atoms with van der Waals surface area (Å²) in [4.78, 5) is 31.9. The first-order valence-electron chi connectivity index (χ1n) is 9.93. The van der Waals surface area contributed by atoms with Crippen LogP contribution in [0.3, 0.4) is 0 Å². The highest BCUT2D eigenvalue weighted by atomic mass is 32.2. The first-order chi connectivity index (χ1) is 16.1. The standard InChI is InChI=1S/C20H17N7O4S2/c21-15-18(32-19-22-16(28)13(24-25-19)7-5-11-3-1-9-30-11)33-20-23-17(29)14(26-27(15)20)8-6-12-4-2-10-31-12/h1-4,9-10H,5-8,21H2,(H,22,25,28). The van der Waals surface area contributed by atoms with Crippen molar-refractivity contribution in [1.29, 1.82) is 0 Å². The topological polar surface area (TPSA) is 158 Å². The molecule has 5 aromatic rings. The van der Waals surface area contributed by atoms with E-state index in [0.29, 0.717) is 52.1 Å². The lowest BCUT2D eigenvalue weighted by atomic mass is 10.2. The van der Waals surface area contributed by atoms with Crippen LogP contribution in [0, 0.1) is 0 Å². The minimum atomic E-state index is -0.409. The number of furan rings is 2. The SMILES string of the molecule is Nc1c(Sc2nnc(CCc3ccco3)c(=O)[nH]2)sc2nc(=O)c(CCc3ccco3)nn12. The number of anilines is 1. The average Bonchev–Trinajstić information content (AvgIpc) is 3.55. The lowest BCUT2D eigenvalue weighted by Crippen LogP contribution is -2.19. The molecule has 0 aliphatic carbocycles. The predicted octanol–water partition coefficient (Wildman–Crippen LogP) is 2.12. The quantitative estimate of drug-likeness (QED) is 0.335. The summed E-state index contributed by atoms with van der Waals surface area (Å²) in [5.74, 6) is 1.83. The largest absolute Gasteiger partial charge is 0.469 e. The van der Waals surface area contributed by atoms with Crippen molar-refractivity contribution in [3.8, 4) is 0 Å². The van der Waals surface area contributed by atoms with Gasteiger partial charge in [0.25, 0.3) is 11.1 Å². The molecule has 11 nitrogen and oxygen atoms in total. The minimum Gasteiger partial charge on any atom is -0.469 e. The van der Waals surface area contributed by atoms with Gasteiger partial charge in [0.15, 0.2) is 11.0 Å². The zero-order chi connectivity index (χ0) is 22.8. The molecule has 0 fully saturated rings. The molecule has 0 bridgehead atoms. The van der Waals surface area contributed by atoms with E-state index in [2.05, 4.69) is 25.3 Å². The Hall–Kier alpha value is -3.71. The Kier molecular flexibility index (Phi) is 5.79. The van der Waals surface area contributed by atoms with E-state index in [4.69, 9.17) is 14.6 Å². The Labute approximate surface area is 193 Å². The maximum atomic E-state index is 12.4. The highest BCUT2D eigenvalue weighted by Gasteiger charge is 2.17. The summed E-state index contributed by atoms with van der Waals surface area (Å²) < 4.78 is 12.6. The van der Waals surface area contributed by atoms with E-state index < -0.39 is 5.56 Å². The van der Waals surface area contributed by atoms with Crippen LogP contribution in [0.4, 0.5) is 5.82 Å². The summed E-state index contributed by atoms with van der Waals surface area (Å²) in [6.45, 7) is 0. The van der Waals surface area contributed by atoms with Gasteiger partial charge in [0.1, 0.15) is 27.1 Å². The number of aromatic amines is 1. The molecule has 0 amide bonds. The van der Waals surface area contributed by atoms with Crippen LogP contribution in [0.25, 0.3) is 4.96 Å². The molecule has 0 aliphatic heterocycles. The maximum Gasteiger partial charge on any atom is 0.295 e. The lowest BCUT2D eigenvalue weighted by molar-refractivity contribution is 0.506. The monoisotopic (exact) mass is 483 g/mol. The van der Waals surface area contributed by atoms with Crippen molar-refractivity contribution in [3.63, 3.8) is 0 Å². The number of nitrogens with one attached hydrogen (secondary N) is 1. The van der Waals surface area contributed by atoms with E-state index in [9.17, 15) is 9.59 Å². The third-order valence-electron chi connectivity index (χ3n) is 4.78. The van der Waals surface area contributed by atoms with Gasteiger partial charge in [-0.05, 0) is 36.0 Å². The Morgan fingerprint density at radius 2 is 1.70 bits per heavy atom. The van der Waals surface area contributed by atoms with Crippen LogP contribution in [-0.2, 0) is 25.7 Å². The van der Waals surface area contributed by atoms with Crippen LogP contribution < -0.4 is 16.9 Å². The number of H-pyrrole nitrogens is 1. The molecule has 0 spiro atoms. The average molecular weight is 484 g/mol. The number of nitrogens with zero attached hydrogens (tertiary/aromatic N) is 5. The normalized spacial score (nSPS) is 11.4. The molecule has 0 unspecified atom stereocenters. The minimum absolute atomic E-state index is 0.279. The third kappa shape index (κ3) is 4.59. The number of nitrogen functional groups attached to an aromatic ring is 1. The van der Waals surface area contributed by atoms with Gasteiger partial charge in [0, 0.05) is 25.7 Å². The molecule has 168 valence electrons. The van der Waals surface area contributed by atoms with Gasteiger partial charge in [-0.3, -0.25) is 14.6 Å². The zero-order valence-electron chi connectivity index (χ0n) is 17.1. The van der Waals surface area contributed by atoms with Gasteiger partial charge in [0.2, 0.25) is 4.96 Å². The maximum absolute atomic E-state index is 12.4. The van der Waals surface area contributed by atoms with E-state index in [-0.39, 0.29) is 10.7 Å². The molecule has 5 heterocycles. The number of hydrogen-bond donors (Lipinski definition) is 2. The molecule has 0 atom stereocenters. The number of thiazole rings is 1. The van der Waals surface area contributed by atoms with Gasteiger partial charge >= 0.3 is 0 Å². The first-order valence-corrected chi connectivity index (χ1v) is 11.6. The van der Waals surface area contributed by atoms with Gasteiger partial charge in [-0.25, -0.2) is 0 Å². The molecule has 3 N–H and O–H groups in total. The summed E-state index contributed by atoms with van der Waals surface area (Å²) >= 11 is 2.31. The molecule has 0 aliphatic rings. The number of fused-ring (bicyclic) bond motifs is 1. The number of rotatable bonds is 8. The van der Waals surface area contributed by atoms with Gasteiger partial charge in [-0.1, -0.05) is 11.3 Å². The molecule has 13 heteroatoms. The van der Waals surface area contributed by atoms with E-state index >= 15 is 0 Å². The fourth-order valence-electron chi connectivity index (χ4n) is 3.12. The smallest absolute Gasteiger partial charge is 0.295 e. The molecule has 5 aromatic heterocycles. The molecule has 5 rings (SSSR count). The zero-order valence-corrected chi connectivity index (χ0v) is 18.7. The fraction of sp³-hybridized carbons (Fsp3) is 0.200. The van der Waals surface area contributed by atoms with Crippen LogP contribution in [0.2, 0.25) is 0 Å². The fourth-order valence-corrected chi connectivity index (χ4v) is 5.05. The number of hydrogen-bond acceptors (Lipinski definition) is 11. The van der Waals surface area contributed by atoms with Gasteiger partial charge < -0.3 is 14.6 Å². The highest BCUT2D eigenvalue weighted by molar-refractivity contribution is 8.01. The second kappa shape index (κ2) is 9.03. The van der Waals surface area contributed by atoms with Crippen molar-refractivity contribution in [3.05, 3.63) is 80.4 Å². The first kappa shape index (κ1) is 21.2. The van der Waals surface area contributed by atoms with E-state index in [1.54, 1.807) is 24.7 Å². The molecule has 0 aromatic carbocycles. The predicted molar refractivity (Wildman–Crippen MR) is 121 cm³/mol. The summed E-state index contributed by atoms with van der Waals surface area (Å²) in [5, 5.41) is 12.8. The Morgan fingerprint density at radius 3 is 2.33 bits per heavy atom. The van der Waals surface area contributed by atoms with Crippen molar-refractivity contribution >= 4 is 33.9 Å². The number of aromatic nitrogens is 6. The van der Waals surface area contributed by atoms with Gasteiger partial charge in [0.05, 0.1) is 12.5 Å². The summed E-state index contributed by atoms with van der Waals surface area (Å²) in [7, 11) is 0. The summed E-state index contributed by atoms with van der Waals surface area (Å²) in [6, 6.07) is 7.25. The second-order valence-electron chi connectivity index (χ2n) is 7.00. The lowest BCUT2D eigenvalue weighted by Gasteiger charge is -2.01. The number of aryl methyl sites for hydroxylation is 4. The Balaban J connectivity index is 1.34. The Morgan fingerprint density at radius 1 is 1.00 bits per heavy atom. The Bertz CT molecular complexity index is 1500. The van der Waals surface area contributed by atoms with Crippen LogP contribution in [0.5, 0.6) is 0 Å². The molecule has 0 saturated heterocycles. The molecular weight excluding hydrogens is 466 g/mol. The van der Waals surface area contributed by atoms with Crippen molar-refractivity contribution in [2.24, 2.45) is 0 Å². The van der Waals surface area contributed by atoms with E-state index in [1.165, 1.54) is 15.9 Å². The highest BCUT2D eigenvalue weighted by Crippen LogP contribution is 2.35. The van der Waals surface area contributed by atoms with Crippen molar-refractivity contribution < 1.29 is 8.83 Å². The van der Waals surface area contributed by atoms with Crippen molar-refractivity contribution in [1.82, 2.24) is 29.8 Å². The van der Waals surface area contributed by atoms with E-state index in [1.807, 2.05) is 12.1 Å². The second-order valence-corrected chi connectivity index (χ2v) is 9.23. The molecule has 0 saturated carbocycles. The van der Waals surface area contributed by atoms with Crippen LogP contribution in [-0.4, -0.2) is 29.8 Å². The van der Waals surface area contributed by atoms with Crippen LogP contribution in [0.15, 0.2) is 64.6 Å². The van der Waals surface area contributed by atoms with Gasteiger partial charge in [-0.2, -0.15) is 14.6 Å². The molecule has 33 heavy (non-hydrogen) atoms. The summed E-state index contributed by atoms with van der Waals surface area (Å²) in [5.41, 5.74) is 6.11. The van der Waals surface area contributed by atoms with Crippen molar-refractivity contribution in [2.45, 2.75) is 35.0 Å². The summed E-state index contributed by atoms with van der Waals surface area (Å²) in [6.07, 6.45) is 5.02. The third-order valence-corrected chi connectivity index (χ3v) is 6.89.